The number of phosphoric ester groups is 1. The van der Waals surface area contributed by atoms with Crippen LogP contribution in [0.15, 0.2) is 60.8 Å². The topological polar surface area (TPSA) is 105 Å². The average molecular weight is 1060 g/mol. The van der Waals surface area contributed by atoms with Crippen LogP contribution in [-0.4, -0.2) is 73.4 Å². The molecule has 0 radical (unpaired) electrons. The molecular weight excluding hydrogens is 936 g/mol. The lowest BCUT2D eigenvalue weighted by Crippen LogP contribution is -2.46. The molecule has 3 atom stereocenters. The Hall–Kier alpha value is -1.80. The number of aliphatic hydroxyl groups excluding tert-OH is 1. The average Bonchev–Trinajstić information content (AvgIpc) is 3.36. The summed E-state index contributed by atoms with van der Waals surface area (Å²) in [6, 6.07) is -0.765. The molecule has 0 aliphatic heterocycles. The lowest BCUT2D eigenvalue weighted by molar-refractivity contribution is -0.870. The Bertz CT molecular complexity index is 1390. The maximum atomic E-state index is 13.0. The van der Waals surface area contributed by atoms with E-state index < -0.39 is 20.0 Å². The van der Waals surface area contributed by atoms with Crippen molar-refractivity contribution in [3.8, 4) is 0 Å². The van der Waals surface area contributed by atoms with E-state index in [1.54, 1.807) is 0 Å². The molecule has 0 aliphatic carbocycles. The summed E-state index contributed by atoms with van der Waals surface area (Å²) in [5.41, 5.74) is 0. The highest BCUT2D eigenvalue weighted by molar-refractivity contribution is 7.47. The summed E-state index contributed by atoms with van der Waals surface area (Å²) in [5, 5.41) is 14.1. The van der Waals surface area contributed by atoms with Crippen LogP contribution in [0.1, 0.15) is 296 Å². The fourth-order valence-electron chi connectivity index (χ4n) is 9.37. The number of carbonyl (C=O) groups excluding carboxylic acids is 1. The van der Waals surface area contributed by atoms with Crippen molar-refractivity contribution in [2.45, 2.75) is 309 Å². The SMILES string of the molecule is CC/C=C\C/C=C\C/C=C\C/C=C\C/C=C\CCCCCCCCCCCCCCCC(=O)NC(COP(=O)(O)OCC[N+](C)(C)C)C(O)CCCCCCCCCCCCCCCCCCCCCCCCC. The molecule has 9 heteroatoms. The number of aliphatic hydroxyl groups is 1. The molecule has 0 fully saturated rings. The number of unbranched alkanes of at least 4 members (excludes halogenated alkanes) is 35. The van der Waals surface area contributed by atoms with Crippen LogP contribution in [0.4, 0.5) is 0 Å². The molecule has 8 nitrogen and oxygen atoms in total. The van der Waals surface area contributed by atoms with E-state index in [0.29, 0.717) is 23.9 Å². The van der Waals surface area contributed by atoms with Crippen LogP contribution in [-0.2, 0) is 18.4 Å². The maximum Gasteiger partial charge on any atom is 0.472 e. The van der Waals surface area contributed by atoms with Crippen molar-refractivity contribution in [2.24, 2.45) is 0 Å². The molecule has 0 spiro atoms. The van der Waals surface area contributed by atoms with E-state index in [-0.39, 0.29) is 19.1 Å². The number of amides is 1. The van der Waals surface area contributed by atoms with Crippen molar-refractivity contribution < 1.29 is 32.9 Å². The van der Waals surface area contributed by atoms with Crippen molar-refractivity contribution in [1.29, 1.82) is 0 Å². The Morgan fingerprint density at radius 2 is 0.811 bits per heavy atom. The molecule has 0 aromatic carbocycles. The van der Waals surface area contributed by atoms with E-state index in [1.807, 2.05) is 21.1 Å². The summed E-state index contributed by atoms with van der Waals surface area (Å²) >= 11 is 0. The van der Waals surface area contributed by atoms with E-state index in [9.17, 15) is 19.4 Å². The maximum absolute atomic E-state index is 13.0. The van der Waals surface area contributed by atoms with Crippen molar-refractivity contribution >= 4 is 13.7 Å². The first-order chi connectivity index (χ1) is 36.0. The third-order valence-corrected chi connectivity index (χ3v) is 15.3. The van der Waals surface area contributed by atoms with E-state index >= 15 is 0 Å². The van der Waals surface area contributed by atoms with Gasteiger partial charge in [0.05, 0.1) is 39.9 Å². The molecule has 434 valence electrons. The van der Waals surface area contributed by atoms with E-state index in [0.717, 1.165) is 70.6 Å². The summed E-state index contributed by atoms with van der Waals surface area (Å²) in [7, 11) is 1.62. The number of likely N-dealkylation sites (N-methyl/N-ethyl adjacent to an activating group) is 1. The van der Waals surface area contributed by atoms with Gasteiger partial charge in [0, 0.05) is 6.42 Å². The van der Waals surface area contributed by atoms with Gasteiger partial charge in [-0.2, -0.15) is 0 Å². The molecule has 0 rings (SSSR count). The third kappa shape index (κ3) is 57.9. The number of rotatable bonds is 58. The molecule has 3 N–H and O–H groups in total. The number of phosphoric acid groups is 1. The van der Waals surface area contributed by atoms with E-state index in [4.69, 9.17) is 9.05 Å². The number of quaternary nitrogens is 1. The molecule has 0 aliphatic rings. The Kier molecular flexibility index (Phi) is 54.6. The zero-order valence-corrected chi connectivity index (χ0v) is 50.5. The molecule has 0 saturated heterocycles. The number of hydrogen-bond donors (Lipinski definition) is 3. The van der Waals surface area contributed by atoms with Crippen molar-refractivity contribution in [3.63, 3.8) is 0 Å². The highest BCUT2D eigenvalue weighted by Gasteiger charge is 2.28. The summed E-state index contributed by atoms with van der Waals surface area (Å²) in [6.45, 7) is 4.81. The fourth-order valence-corrected chi connectivity index (χ4v) is 10.1. The number of allylic oxidation sites excluding steroid dienone is 10. The monoisotopic (exact) mass is 1060 g/mol. The molecule has 0 aromatic rings. The lowest BCUT2D eigenvalue weighted by Gasteiger charge is -2.26. The number of carbonyl (C=O) groups is 1. The van der Waals surface area contributed by atoms with Crippen LogP contribution in [0.3, 0.4) is 0 Å². The first-order valence-electron chi connectivity index (χ1n) is 31.7. The van der Waals surface area contributed by atoms with E-state index in [1.165, 1.54) is 199 Å². The zero-order chi connectivity index (χ0) is 54.2. The number of nitrogens with zero attached hydrogens (tertiary/aromatic N) is 1. The van der Waals surface area contributed by atoms with Gasteiger partial charge in [0.2, 0.25) is 5.91 Å². The minimum absolute atomic E-state index is 0.0737. The van der Waals surface area contributed by atoms with Crippen LogP contribution < -0.4 is 5.32 Å². The quantitative estimate of drug-likeness (QED) is 0.0243. The lowest BCUT2D eigenvalue weighted by atomic mass is 10.0. The Morgan fingerprint density at radius 3 is 1.19 bits per heavy atom. The van der Waals surface area contributed by atoms with Crippen LogP contribution in [0.2, 0.25) is 0 Å². The highest BCUT2D eigenvalue weighted by atomic mass is 31.2. The smallest absolute Gasteiger partial charge is 0.391 e. The van der Waals surface area contributed by atoms with Gasteiger partial charge in [-0.25, -0.2) is 4.57 Å². The fraction of sp³-hybridized carbons (Fsp3) is 0.831. The normalized spacial score (nSPS) is 14.2. The summed E-state index contributed by atoms with van der Waals surface area (Å²) < 4.78 is 23.8. The van der Waals surface area contributed by atoms with E-state index in [2.05, 4.69) is 79.9 Å². The molecule has 0 bridgehead atoms. The predicted octanol–water partition coefficient (Wildman–Crippen LogP) is 19.7. The second-order valence-electron chi connectivity index (χ2n) is 22.8. The molecule has 0 heterocycles. The number of hydrogen-bond acceptors (Lipinski definition) is 5. The van der Waals surface area contributed by atoms with Crippen LogP contribution >= 0.6 is 7.82 Å². The van der Waals surface area contributed by atoms with Crippen LogP contribution in [0.5, 0.6) is 0 Å². The summed E-state index contributed by atoms with van der Waals surface area (Å²) in [4.78, 5) is 23.4. The first kappa shape index (κ1) is 72.2. The van der Waals surface area contributed by atoms with Gasteiger partial charge >= 0.3 is 7.82 Å². The zero-order valence-electron chi connectivity index (χ0n) is 49.6. The van der Waals surface area contributed by atoms with Crippen molar-refractivity contribution in [2.75, 3.05) is 40.9 Å². The first-order valence-corrected chi connectivity index (χ1v) is 33.1. The van der Waals surface area contributed by atoms with Crippen LogP contribution in [0.25, 0.3) is 0 Å². The highest BCUT2D eigenvalue weighted by Crippen LogP contribution is 2.43. The van der Waals surface area contributed by atoms with Crippen LogP contribution in [0, 0.1) is 0 Å². The van der Waals surface area contributed by atoms with Gasteiger partial charge in [-0.05, 0) is 57.8 Å². The predicted molar refractivity (Wildman–Crippen MR) is 323 cm³/mol. The molecule has 1 amide bonds. The third-order valence-electron chi connectivity index (χ3n) is 14.3. The molecule has 0 aromatic heterocycles. The minimum Gasteiger partial charge on any atom is -0.391 e. The minimum atomic E-state index is -4.33. The standard InChI is InChI=1S/C65H123N2O6P/c1-6-8-10-12-14-16-18-20-22-24-26-28-30-31-32-33-34-35-37-39-41-43-45-47-49-51-53-55-57-59-65(69)66-63(62-73-74(70,71)72-61-60-67(3,4)5)64(68)58-56-54-52-50-48-46-44-42-40-38-36-29-27-25-23-21-19-17-15-13-11-9-7-2/h8,10,14,16,20,22,26,28,31-32,63-64,68H,6-7,9,11-13,15,17-19,21,23-25,27,29-30,33-62H2,1-5H3,(H-,66,69,70,71)/p+1/b10-8-,16-14-,22-20-,28-26-,32-31-. The van der Waals surface area contributed by atoms with Gasteiger partial charge in [0.15, 0.2) is 0 Å². The summed E-state index contributed by atoms with van der Waals surface area (Å²) in [5.74, 6) is -0.144. The molecule has 0 saturated carbocycles. The summed E-state index contributed by atoms with van der Waals surface area (Å²) in [6.07, 6.45) is 75.7. The van der Waals surface area contributed by atoms with Gasteiger partial charge in [0.1, 0.15) is 13.2 Å². The van der Waals surface area contributed by atoms with Gasteiger partial charge in [-0.15, -0.1) is 0 Å². The van der Waals surface area contributed by atoms with Gasteiger partial charge < -0.3 is 19.8 Å². The van der Waals surface area contributed by atoms with Gasteiger partial charge in [0.25, 0.3) is 0 Å². The second-order valence-corrected chi connectivity index (χ2v) is 24.2. The van der Waals surface area contributed by atoms with Crippen molar-refractivity contribution in [1.82, 2.24) is 5.32 Å². The molecule has 74 heavy (non-hydrogen) atoms. The molecular formula is C65H124N2O6P+. The Morgan fingerprint density at radius 1 is 0.473 bits per heavy atom. The molecule has 3 unspecified atom stereocenters. The van der Waals surface area contributed by atoms with Gasteiger partial charge in [-0.1, -0.05) is 293 Å². The largest absolute Gasteiger partial charge is 0.472 e. The number of nitrogens with one attached hydrogen (secondary N) is 1. The Labute approximate surface area is 460 Å². The van der Waals surface area contributed by atoms with Gasteiger partial charge in [-0.3, -0.25) is 13.8 Å². The second kappa shape index (κ2) is 55.9. The van der Waals surface area contributed by atoms with Crippen molar-refractivity contribution in [3.05, 3.63) is 60.8 Å². The Balaban J connectivity index is 4.10.